The van der Waals surface area contributed by atoms with Crippen molar-refractivity contribution < 1.29 is 18.6 Å². The molecule has 0 saturated carbocycles. The van der Waals surface area contributed by atoms with Crippen molar-refractivity contribution in [1.29, 1.82) is 0 Å². The van der Waals surface area contributed by atoms with Crippen molar-refractivity contribution in [2.75, 3.05) is 24.7 Å². The van der Waals surface area contributed by atoms with Gasteiger partial charge in [-0.1, -0.05) is 30.3 Å². The van der Waals surface area contributed by atoms with Crippen LogP contribution in [0.15, 0.2) is 30.3 Å². The Morgan fingerprint density at radius 1 is 1.17 bits per heavy atom. The summed E-state index contributed by atoms with van der Waals surface area (Å²) in [6.45, 7) is -0.485. The van der Waals surface area contributed by atoms with Crippen LogP contribution >= 0.6 is 0 Å². The fourth-order valence-corrected chi connectivity index (χ4v) is 4.64. The zero-order valence-electron chi connectivity index (χ0n) is 10.1. The molecule has 0 aromatic heterocycles. The first-order valence-electron chi connectivity index (χ1n) is 6.02. The third-order valence-corrected chi connectivity index (χ3v) is 5.69. The van der Waals surface area contributed by atoms with Crippen LogP contribution in [0.4, 0.5) is 0 Å². The molecule has 2 rings (SSSR count). The molecular formula is C13H18O4S. The summed E-state index contributed by atoms with van der Waals surface area (Å²) >= 11 is 0. The number of aliphatic hydroxyl groups is 2. The lowest BCUT2D eigenvalue weighted by Crippen LogP contribution is -2.43. The molecule has 1 aliphatic heterocycles. The first-order valence-corrected chi connectivity index (χ1v) is 7.84. The van der Waals surface area contributed by atoms with Gasteiger partial charge in [-0.05, 0) is 17.9 Å². The van der Waals surface area contributed by atoms with Gasteiger partial charge in [-0.2, -0.15) is 0 Å². The van der Waals surface area contributed by atoms with E-state index in [4.69, 9.17) is 0 Å². The molecule has 1 aliphatic rings. The van der Waals surface area contributed by atoms with E-state index in [0.29, 0.717) is 6.42 Å². The minimum atomic E-state index is -3.03. The molecule has 1 unspecified atom stereocenters. The van der Waals surface area contributed by atoms with Crippen molar-refractivity contribution in [1.82, 2.24) is 0 Å². The van der Waals surface area contributed by atoms with Crippen LogP contribution in [0.1, 0.15) is 12.0 Å². The second-order valence-corrected chi connectivity index (χ2v) is 7.17. The Morgan fingerprint density at radius 2 is 1.78 bits per heavy atom. The number of sulfone groups is 1. The van der Waals surface area contributed by atoms with Gasteiger partial charge >= 0.3 is 0 Å². The Bertz CT molecular complexity index is 491. The van der Waals surface area contributed by atoms with Gasteiger partial charge in [-0.3, -0.25) is 0 Å². The highest BCUT2D eigenvalue weighted by molar-refractivity contribution is 7.91. The van der Waals surface area contributed by atoms with Gasteiger partial charge in [0.05, 0.1) is 24.7 Å². The monoisotopic (exact) mass is 270 g/mol. The van der Waals surface area contributed by atoms with E-state index in [9.17, 15) is 18.6 Å². The van der Waals surface area contributed by atoms with Crippen LogP contribution in [0, 0.1) is 5.92 Å². The van der Waals surface area contributed by atoms with Crippen LogP contribution in [0.5, 0.6) is 0 Å². The lowest BCUT2D eigenvalue weighted by Gasteiger charge is -2.35. The van der Waals surface area contributed by atoms with E-state index in [-0.39, 0.29) is 30.6 Å². The molecule has 0 spiro atoms. The van der Waals surface area contributed by atoms with Crippen molar-refractivity contribution in [2.45, 2.75) is 11.8 Å². The molecule has 2 N–H and O–H groups in total. The van der Waals surface area contributed by atoms with Gasteiger partial charge in [0.2, 0.25) is 0 Å². The molecule has 0 aliphatic carbocycles. The van der Waals surface area contributed by atoms with Crippen molar-refractivity contribution in [3.8, 4) is 0 Å². The fraction of sp³-hybridized carbons (Fsp3) is 0.538. The largest absolute Gasteiger partial charge is 0.395 e. The molecule has 0 amide bonds. The Labute approximate surface area is 107 Å². The van der Waals surface area contributed by atoms with Gasteiger partial charge in [0.15, 0.2) is 9.84 Å². The third-order valence-electron chi connectivity index (χ3n) is 3.93. The summed E-state index contributed by atoms with van der Waals surface area (Å²) < 4.78 is 23.2. The van der Waals surface area contributed by atoms with Gasteiger partial charge in [-0.15, -0.1) is 0 Å². The van der Waals surface area contributed by atoms with Crippen LogP contribution in [-0.2, 0) is 15.3 Å². The van der Waals surface area contributed by atoms with Crippen LogP contribution in [0.3, 0.4) is 0 Å². The molecule has 1 fully saturated rings. The molecule has 1 aromatic carbocycles. The maximum Gasteiger partial charge on any atom is 0.150 e. The summed E-state index contributed by atoms with van der Waals surface area (Å²) in [6, 6.07) is 9.18. The number of benzene rings is 1. The minimum absolute atomic E-state index is 0.0447. The Morgan fingerprint density at radius 3 is 2.22 bits per heavy atom. The second-order valence-electron chi connectivity index (χ2n) is 4.94. The van der Waals surface area contributed by atoms with Crippen LogP contribution in [-0.4, -0.2) is 43.4 Å². The van der Waals surface area contributed by atoms with Crippen molar-refractivity contribution in [3.05, 3.63) is 35.9 Å². The number of hydrogen-bond donors (Lipinski definition) is 2. The summed E-state index contributed by atoms with van der Waals surface area (Å²) in [5.74, 6) is -0.0326. The quantitative estimate of drug-likeness (QED) is 0.827. The predicted molar refractivity (Wildman–Crippen MR) is 69.1 cm³/mol. The topological polar surface area (TPSA) is 74.6 Å². The molecule has 18 heavy (non-hydrogen) atoms. The van der Waals surface area contributed by atoms with E-state index in [1.807, 2.05) is 30.3 Å². The summed E-state index contributed by atoms with van der Waals surface area (Å²) in [6.07, 6.45) is 0.498. The molecule has 5 heteroatoms. The number of aliphatic hydroxyl groups excluding tert-OH is 2. The predicted octanol–water partition coefficient (Wildman–Crippen LogP) is 0.344. The van der Waals surface area contributed by atoms with E-state index >= 15 is 0 Å². The van der Waals surface area contributed by atoms with Gasteiger partial charge < -0.3 is 10.2 Å². The smallest absolute Gasteiger partial charge is 0.150 e. The molecule has 1 heterocycles. The summed E-state index contributed by atoms with van der Waals surface area (Å²) in [4.78, 5) is 0. The first kappa shape index (κ1) is 13.5. The number of rotatable bonds is 4. The van der Waals surface area contributed by atoms with Gasteiger partial charge in [-0.25, -0.2) is 8.42 Å². The average molecular weight is 270 g/mol. The van der Waals surface area contributed by atoms with E-state index < -0.39 is 15.3 Å². The summed E-state index contributed by atoms with van der Waals surface area (Å²) in [5.41, 5.74) is -0.0534. The minimum Gasteiger partial charge on any atom is -0.395 e. The van der Waals surface area contributed by atoms with E-state index in [2.05, 4.69) is 0 Å². The van der Waals surface area contributed by atoms with Crippen LogP contribution < -0.4 is 0 Å². The second kappa shape index (κ2) is 4.99. The zero-order chi connectivity index (χ0) is 13.2. The SMILES string of the molecule is O=S1(=O)CCC(C(CO)(CO)c2ccccc2)C1. The summed E-state index contributed by atoms with van der Waals surface area (Å²) in [7, 11) is -3.03. The molecule has 4 nitrogen and oxygen atoms in total. The van der Waals surface area contributed by atoms with Crippen molar-refractivity contribution in [3.63, 3.8) is 0 Å². The molecule has 100 valence electrons. The molecule has 1 aromatic rings. The molecule has 1 atom stereocenters. The molecule has 0 radical (unpaired) electrons. The molecule has 0 bridgehead atoms. The summed E-state index contributed by atoms with van der Waals surface area (Å²) in [5, 5.41) is 19.4. The highest BCUT2D eigenvalue weighted by Gasteiger charge is 2.45. The average Bonchev–Trinajstić information content (AvgIpc) is 2.74. The van der Waals surface area contributed by atoms with E-state index in [1.165, 1.54) is 0 Å². The highest BCUT2D eigenvalue weighted by Crippen LogP contribution is 2.38. The Balaban J connectivity index is 2.39. The number of hydrogen-bond acceptors (Lipinski definition) is 4. The normalized spacial score (nSPS) is 23.1. The lowest BCUT2D eigenvalue weighted by molar-refractivity contribution is 0.0775. The van der Waals surface area contributed by atoms with E-state index in [0.717, 1.165) is 5.56 Å². The Kier molecular flexibility index (Phi) is 3.75. The standard InChI is InChI=1S/C13H18O4S/c14-9-13(10-15,11-4-2-1-3-5-11)12-6-7-18(16,17)8-12/h1-5,12,14-15H,6-10H2. The van der Waals surface area contributed by atoms with Gasteiger partial charge in [0.25, 0.3) is 0 Å². The maximum absolute atomic E-state index is 11.6. The first-order chi connectivity index (χ1) is 8.54. The van der Waals surface area contributed by atoms with Crippen molar-refractivity contribution in [2.24, 2.45) is 5.92 Å². The maximum atomic E-state index is 11.6. The van der Waals surface area contributed by atoms with Crippen molar-refractivity contribution >= 4 is 9.84 Å². The van der Waals surface area contributed by atoms with Gasteiger partial charge in [0, 0.05) is 5.41 Å². The zero-order valence-corrected chi connectivity index (χ0v) is 10.9. The van der Waals surface area contributed by atoms with E-state index in [1.54, 1.807) is 0 Å². The Hall–Kier alpha value is -0.910. The van der Waals surface area contributed by atoms with Crippen LogP contribution in [0.2, 0.25) is 0 Å². The highest BCUT2D eigenvalue weighted by atomic mass is 32.2. The molecular weight excluding hydrogens is 252 g/mol. The third kappa shape index (κ3) is 2.30. The lowest BCUT2D eigenvalue weighted by atomic mass is 9.71. The molecule has 1 saturated heterocycles. The fourth-order valence-electron chi connectivity index (χ4n) is 2.73. The van der Waals surface area contributed by atoms with Gasteiger partial charge in [0.1, 0.15) is 0 Å². The van der Waals surface area contributed by atoms with Crippen LogP contribution in [0.25, 0.3) is 0 Å².